The highest BCUT2D eigenvalue weighted by molar-refractivity contribution is 6.30. The van der Waals surface area contributed by atoms with E-state index in [-0.39, 0.29) is 24.3 Å². The molecule has 5 rings (SSSR count). The molecule has 0 amide bonds. The number of rotatable bonds is 3. The first-order chi connectivity index (χ1) is 14.2. The zero-order valence-electron chi connectivity index (χ0n) is 16.4. The molecule has 0 radical (unpaired) electrons. The monoisotopic (exact) mass is 448 g/mol. The molecule has 1 fully saturated rings. The Hall–Kier alpha value is -2.15. The predicted molar refractivity (Wildman–Crippen MR) is 116 cm³/mol. The topological polar surface area (TPSA) is 52.0 Å². The SMILES string of the molecule is Cl.Fc1ccccc1OC1CCC(c2nnc3n2-c2ccc(Cl)cc2CNC3)CC1. The first kappa shape index (κ1) is 21.1. The van der Waals surface area contributed by atoms with E-state index >= 15 is 0 Å². The summed E-state index contributed by atoms with van der Waals surface area (Å²) >= 11 is 6.20. The van der Waals surface area contributed by atoms with Crippen LogP contribution in [0.5, 0.6) is 5.75 Å². The molecular formula is C22H23Cl2FN4O. The van der Waals surface area contributed by atoms with Crippen LogP contribution in [-0.2, 0) is 13.1 Å². The Morgan fingerprint density at radius 3 is 2.63 bits per heavy atom. The third-order valence-electron chi connectivity index (χ3n) is 5.81. The standard InChI is InChI=1S/C22H22ClFN4O.ClH/c23-16-7-10-19-15(11-16)12-25-13-21-26-27-22(28(19)21)14-5-8-17(9-6-14)29-20-4-2-1-3-18(20)24;/h1-4,7,10-11,14,17,25H,5-6,8-9,12-13H2;1H. The quantitative estimate of drug-likeness (QED) is 0.598. The minimum Gasteiger partial charge on any atom is -0.487 e. The van der Waals surface area contributed by atoms with Crippen molar-refractivity contribution in [1.29, 1.82) is 0 Å². The van der Waals surface area contributed by atoms with Crippen molar-refractivity contribution in [2.24, 2.45) is 0 Å². The number of fused-ring (bicyclic) bond motifs is 3. The van der Waals surface area contributed by atoms with Crippen molar-refractivity contribution in [3.8, 4) is 11.4 Å². The molecule has 158 valence electrons. The molecule has 30 heavy (non-hydrogen) atoms. The van der Waals surface area contributed by atoms with Crippen molar-refractivity contribution in [2.45, 2.75) is 50.8 Å². The van der Waals surface area contributed by atoms with E-state index in [1.165, 1.54) is 6.07 Å². The maximum Gasteiger partial charge on any atom is 0.165 e. The van der Waals surface area contributed by atoms with Gasteiger partial charge in [-0.1, -0.05) is 23.7 Å². The summed E-state index contributed by atoms with van der Waals surface area (Å²) in [5.74, 6) is 2.25. The third kappa shape index (κ3) is 4.04. The second-order valence-corrected chi connectivity index (χ2v) is 8.14. The van der Waals surface area contributed by atoms with Gasteiger partial charge in [0.25, 0.3) is 0 Å². The Morgan fingerprint density at radius 1 is 1.03 bits per heavy atom. The summed E-state index contributed by atoms with van der Waals surface area (Å²) in [7, 11) is 0. The number of nitrogens with zero attached hydrogens (tertiary/aromatic N) is 3. The van der Waals surface area contributed by atoms with E-state index in [1.807, 2.05) is 18.2 Å². The normalized spacial score (nSPS) is 20.5. The minimum absolute atomic E-state index is 0. The molecule has 2 heterocycles. The van der Waals surface area contributed by atoms with E-state index in [0.29, 0.717) is 18.2 Å². The van der Waals surface area contributed by atoms with Gasteiger partial charge in [-0.15, -0.1) is 22.6 Å². The van der Waals surface area contributed by atoms with Crippen LogP contribution in [0.2, 0.25) is 5.02 Å². The number of halogens is 3. The maximum absolute atomic E-state index is 13.9. The Morgan fingerprint density at radius 2 is 1.83 bits per heavy atom. The van der Waals surface area contributed by atoms with Gasteiger partial charge in [0.15, 0.2) is 17.4 Å². The van der Waals surface area contributed by atoms with Crippen molar-refractivity contribution in [1.82, 2.24) is 20.1 Å². The lowest BCUT2D eigenvalue weighted by Crippen LogP contribution is -2.25. The highest BCUT2D eigenvalue weighted by Crippen LogP contribution is 2.36. The number of ether oxygens (including phenoxy) is 1. The lowest BCUT2D eigenvalue weighted by molar-refractivity contribution is 0.139. The van der Waals surface area contributed by atoms with E-state index in [0.717, 1.165) is 60.2 Å². The lowest BCUT2D eigenvalue weighted by Gasteiger charge is -2.29. The number of nitrogens with one attached hydrogen (secondary N) is 1. The van der Waals surface area contributed by atoms with Crippen LogP contribution in [0.3, 0.4) is 0 Å². The van der Waals surface area contributed by atoms with Crippen LogP contribution < -0.4 is 10.1 Å². The molecule has 0 spiro atoms. The molecule has 1 aliphatic heterocycles. The Bertz CT molecular complexity index is 1030. The Balaban J connectivity index is 0.00000218. The molecule has 2 aliphatic rings. The van der Waals surface area contributed by atoms with Crippen LogP contribution in [-0.4, -0.2) is 20.9 Å². The number of aromatic nitrogens is 3. The number of hydrogen-bond donors (Lipinski definition) is 1. The van der Waals surface area contributed by atoms with Gasteiger partial charge < -0.3 is 10.1 Å². The van der Waals surface area contributed by atoms with Gasteiger partial charge in [-0.2, -0.15) is 0 Å². The molecule has 1 saturated carbocycles. The summed E-state index contributed by atoms with van der Waals surface area (Å²) in [5.41, 5.74) is 2.24. The maximum atomic E-state index is 13.9. The van der Waals surface area contributed by atoms with Crippen LogP contribution in [0.15, 0.2) is 42.5 Å². The summed E-state index contributed by atoms with van der Waals surface area (Å²) in [5, 5.41) is 13.1. The van der Waals surface area contributed by atoms with Gasteiger partial charge >= 0.3 is 0 Å². The zero-order valence-corrected chi connectivity index (χ0v) is 17.9. The fourth-order valence-electron chi connectivity index (χ4n) is 4.35. The van der Waals surface area contributed by atoms with Crippen molar-refractivity contribution < 1.29 is 9.13 Å². The van der Waals surface area contributed by atoms with Crippen LogP contribution in [0.25, 0.3) is 5.69 Å². The number of hydrogen-bond acceptors (Lipinski definition) is 4. The molecule has 3 aromatic rings. The van der Waals surface area contributed by atoms with Gasteiger partial charge in [-0.05, 0) is 61.6 Å². The fraction of sp³-hybridized carbons (Fsp3) is 0.364. The van der Waals surface area contributed by atoms with Gasteiger partial charge in [0, 0.05) is 17.5 Å². The van der Waals surface area contributed by atoms with E-state index < -0.39 is 0 Å². The summed E-state index contributed by atoms with van der Waals surface area (Å²) in [6, 6.07) is 12.6. The van der Waals surface area contributed by atoms with Crippen LogP contribution >= 0.6 is 24.0 Å². The van der Waals surface area contributed by atoms with Crippen LogP contribution in [0.4, 0.5) is 4.39 Å². The molecule has 0 saturated heterocycles. The second-order valence-electron chi connectivity index (χ2n) is 7.71. The van der Waals surface area contributed by atoms with Gasteiger partial charge in [-0.3, -0.25) is 4.57 Å². The molecular weight excluding hydrogens is 426 g/mol. The summed E-state index contributed by atoms with van der Waals surface area (Å²) in [6.45, 7) is 1.42. The lowest BCUT2D eigenvalue weighted by atomic mass is 9.86. The van der Waals surface area contributed by atoms with Gasteiger partial charge in [0.05, 0.1) is 18.3 Å². The molecule has 0 atom stereocenters. The molecule has 0 bridgehead atoms. The minimum atomic E-state index is -0.305. The smallest absolute Gasteiger partial charge is 0.165 e. The Labute approximate surface area is 186 Å². The third-order valence-corrected chi connectivity index (χ3v) is 6.04. The average molecular weight is 449 g/mol. The first-order valence-electron chi connectivity index (χ1n) is 10.0. The number of para-hydroxylation sites is 1. The van der Waals surface area contributed by atoms with E-state index in [4.69, 9.17) is 16.3 Å². The largest absolute Gasteiger partial charge is 0.487 e. The highest BCUT2D eigenvalue weighted by atomic mass is 35.5. The van der Waals surface area contributed by atoms with E-state index in [9.17, 15) is 4.39 Å². The predicted octanol–water partition coefficient (Wildman–Crippen LogP) is 5.19. The van der Waals surface area contributed by atoms with Gasteiger partial charge in [0.2, 0.25) is 0 Å². The van der Waals surface area contributed by atoms with E-state index in [2.05, 4.69) is 20.1 Å². The summed E-state index contributed by atoms with van der Waals surface area (Å²) < 4.78 is 22.0. The second kappa shape index (κ2) is 8.92. The molecule has 2 aromatic carbocycles. The highest BCUT2D eigenvalue weighted by Gasteiger charge is 2.30. The van der Waals surface area contributed by atoms with Crippen molar-refractivity contribution in [2.75, 3.05) is 0 Å². The van der Waals surface area contributed by atoms with Gasteiger partial charge in [0.1, 0.15) is 5.82 Å². The molecule has 8 heteroatoms. The Kier molecular flexibility index (Phi) is 6.27. The van der Waals surface area contributed by atoms with Gasteiger partial charge in [-0.25, -0.2) is 4.39 Å². The molecule has 1 aromatic heterocycles. The molecule has 1 aliphatic carbocycles. The molecule has 5 nitrogen and oxygen atoms in total. The van der Waals surface area contributed by atoms with Crippen molar-refractivity contribution >= 4 is 24.0 Å². The fourth-order valence-corrected chi connectivity index (χ4v) is 4.55. The van der Waals surface area contributed by atoms with Crippen LogP contribution in [0, 0.1) is 5.82 Å². The average Bonchev–Trinajstić information content (AvgIpc) is 3.06. The first-order valence-corrected chi connectivity index (χ1v) is 10.4. The van der Waals surface area contributed by atoms with E-state index in [1.54, 1.807) is 18.2 Å². The van der Waals surface area contributed by atoms with Crippen molar-refractivity contribution in [3.63, 3.8) is 0 Å². The van der Waals surface area contributed by atoms with Crippen molar-refractivity contribution in [3.05, 3.63) is 70.5 Å². The number of benzene rings is 2. The summed E-state index contributed by atoms with van der Waals surface area (Å²) in [6.07, 6.45) is 3.64. The molecule has 0 unspecified atom stereocenters. The van der Waals surface area contributed by atoms with Crippen LogP contribution in [0.1, 0.15) is 48.8 Å². The summed E-state index contributed by atoms with van der Waals surface area (Å²) in [4.78, 5) is 0. The zero-order chi connectivity index (χ0) is 19.8. The molecule has 1 N–H and O–H groups in total.